The summed E-state index contributed by atoms with van der Waals surface area (Å²) in [6, 6.07) is 9.83. The molecule has 0 heterocycles. The van der Waals surface area contributed by atoms with Gasteiger partial charge in [-0.15, -0.1) is 0 Å². The van der Waals surface area contributed by atoms with Gasteiger partial charge in [-0.2, -0.15) is 8.78 Å². The highest BCUT2D eigenvalue weighted by Gasteiger charge is 2.19. The van der Waals surface area contributed by atoms with E-state index in [4.69, 9.17) is 23.2 Å². The van der Waals surface area contributed by atoms with Crippen LogP contribution in [0.4, 0.5) is 8.78 Å². The van der Waals surface area contributed by atoms with Gasteiger partial charge >= 0.3 is 6.61 Å². The van der Waals surface area contributed by atoms with E-state index in [1.54, 1.807) is 6.07 Å². The van der Waals surface area contributed by atoms with E-state index in [9.17, 15) is 17.2 Å². The van der Waals surface area contributed by atoms with Crippen LogP contribution in [0.5, 0.6) is 5.75 Å². The van der Waals surface area contributed by atoms with Crippen LogP contribution in [0.25, 0.3) is 0 Å². The van der Waals surface area contributed by atoms with E-state index >= 15 is 0 Å². The quantitative estimate of drug-likeness (QED) is 0.820. The minimum Gasteiger partial charge on any atom is -0.434 e. The summed E-state index contributed by atoms with van der Waals surface area (Å²) >= 11 is 11.6. The van der Waals surface area contributed by atoms with Crippen molar-refractivity contribution in [1.29, 1.82) is 0 Å². The van der Waals surface area contributed by atoms with Gasteiger partial charge in [-0.3, -0.25) is 0 Å². The number of para-hydroxylation sites is 1. The van der Waals surface area contributed by atoms with Crippen LogP contribution in [0.2, 0.25) is 10.0 Å². The van der Waals surface area contributed by atoms with Crippen LogP contribution in [-0.2, 0) is 16.6 Å². The lowest BCUT2D eigenvalue weighted by atomic mass is 10.2. The molecule has 0 radical (unpaired) electrons. The molecule has 1 N–H and O–H groups in total. The summed E-state index contributed by atoms with van der Waals surface area (Å²) in [5, 5.41) is 0.256. The summed E-state index contributed by atoms with van der Waals surface area (Å²) in [7, 11) is -3.93. The third kappa shape index (κ3) is 4.78. The van der Waals surface area contributed by atoms with Crippen molar-refractivity contribution >= 4 is 33.2 Å². The monoisotopic (exact) mass is 381 g/mol. The number of nitrogens with one attached hydrogen (secondary N) is 1. The Morgan fingerprint density at radius 1 is 1.13 bits per heavy atom. The van der Waals surface area contributed by atoms with Gasteiger partial charge in [0, 0.05) is 17.1 Å². The van der Waals surface area contributed by atoms with Crippen molar-refractivity contribution in [2.75, 3.05) is 0 Å². The molecule has 0 unspecified atom stereocenters. The molecule has 2 aromatic rings. The van der Waals surface area contributed by atoms with Crippen molar-refractivity contribution in [3.05, 3.63) is 58.1 Å². The molecular weight excluding hydrogens is 371 g/mol. The number of ether oxygens (including phenoxy) is 1. The number of hydrogen-bond donors (Lipinski definition) is 1. The van der Waals surface area contributed by atoms with E-state index in [2.05, 4.69) is 9.46 Å². The molecular formula is C14H11Cl2F2NO3S. The number of alkyl halides is 2. The smallest absolute Gasteiger partial charge is 0.387 e. The minimum absolute atomic E-state index is 0.0397. The van der Waals surface area contributed by atoms with E-state index in [0.29, 0.717) is 5.02 Å². The fourth-order valence-electron chi connectivity index (χ4n) is 1.80. The molecule has 0 amide bonds. The third-order valence-electron chi connectivity index (χ3n) is 2.82. The maximum atomic E-state index is 12.3. The molecule has 23 heavy (non-hydrogen) atoms. The second kappa shape index (κ2) is 7.44. The molecule has 0 bridgehead atoms. The van der Waals surface area contributed by atoms with E-state index < -0.39 is 16.6 Å². The molecule has 2 rings (SSSR count). The highest BCUT2D eigenvalue weighted by Crippen LogP contribution is 2.26. The van der Waals surface area contributed by atoms with Gasteiger partial charge in [0.05, 0.1) is 5.02 Å². The Hall–Kier alpha value is -1.41. The average Bonchev–Trinajstić information content (AvgIpc) is 2.45. The lowest BCUT2D eigenvalue weighted by Gasteiger charge is -2.12. The van der Waals surface area contributed by atoms with E-state index in [-0.39, 0.29) is 27.8 Å². The number of sulfonamides is 1. The Bertz CT molecular complexity index is 800. The summed E-state index contributed by atoms with van der Waals surface area (Å²) in [5.41, 5.74) is 0.265. The molecule has 0 spiro atoms. The molecule has 9 heteroatoms. The molecule has 4 nitrogen and oxygen atoms in total. The Kier molecular flexibility index (Phi) is 5.80. The zero-order valence-electron chi connectivity index (χ0n) is 11.5. The van der Waals surface area contributed by atoms with Crippen LogP contribution < -0.4 is 9.46 Å². The van der Waals surface area contributed by atoms with Gasteiger partial charge in [0.2, 0.25) is 10.0 Å². The maximum absolute atomic E-state index is 12.3. The highest BCUT2D eigenvalue weighted by atomic mass is 35.5. The standard InChI is InChI=1S/C14H11Cl2F2NO3S/c15-10-5-6-13(11(16)7-10)23(20,21)19-8-9-3-1-2-4-12(9)22-14(17)18/h1-7,14,19H,8H2. The van der Waals surface area contributed by atoms with Gasteiger partial charge in [0.25, 0.3) is 0 Å². The van der Waals surface area contributed by atoms with Crippen molar-refractivity contribution in [1.82, 2.24) is 4.72 Å². The number of halogens is 4. The third-order valence-corrected chi connectivity index (χ3v) is 4.94. The predicted molar refractivity (Wildman–Crippen MR) is 83.6 cm³/mol. The first-order valence-electron chi connectivity index (χ1n) is 6.27. The lowest BCUT2D eigenvalue weighted by Crippen LogP contribution is -2.24. The van der Waals surface area contributed by atoms with Crippen molar-refractivity contribution in [3.63, 3.8) is 0 Å². The Morgan fingerprint density at radius 3 is 2.48 bits per heavy atom. The molecule has 0 aliphatic carbocycles. The van der Waals surface area contributed by atoms with Crippen molar-refractivity contribution in [2.24, 2.45) is 0 Å². The van der Waals surface area contributed by atoms with Crippen molar-refractivity contribution in [3.8, 4) is 5.75 Å². The molecule has 0 aliphatic rings. The molecule has 0 aromatic heterocycles. The fourth-order valence-corrected chi connectivity index (χ4v) is 3.58. The molecule has 0 saturated carbocycles. The normalized spacial score (nSPS) is 11.7. The van der Waals surface area contributed by atoms with Crippen LogP contribution in [0.3, 0.4) is 0 Å². The average molecular weight is 382 g/mol. The van der Waals surface area contributed by atoms with Crippen LogP contribution in [-0.4, -0.2) is 15.0 Å². The van der Waals surface area contributed by atoms with Crippen LogP contribution in [0, 0.1) is 0 Å². The van der Waals surface area contributed by atoms with Gasteiger partial charge in [-0.25, -0.2) is 13.1 Å². The van der Waals surface area contributed by atoms with Crippen molar-refractivity contribution in [2.45, 2.75) is 18.1 Å². The SMILES string of the molecule is O=S(=O)(NCc1ccccc1OC(F)F)c1ccc(Cl)cc1Cl. The molecule has 0 fully saturated rings. The van der Waals surface area contributed by atoms with Crippen LogP contribution in [0.15, 0.2) is 47.4 Å². The zero-order valence-corrected chi connectivity index (χ0v) is 13.8. The summed E-state index contributed by atoms with van der Waals surface area (Å²) in [5.74, 6) is -0.104. The molecule has 124 valence electrons. The molecule has 0 aliphatic heterocycles. The molecule has 2 aromatic carbocycles. The molecule has 0 saturated heterocycles. The summed E-state index contributed by atoms with van der Waals surface area (Å²) in [6.07, 6.45) is 0. The topological polar surface area (TPSA) is 55.4 Å². The summed E-state index contributed by atoms with van der Waals surface area (Å²) < 4.78 is 55.8. The number of rotatable bonds is 6. The zero-order chi connectivity index (χ0) is 17.0. The summed E-state index contributed by atoms with van der Waals surface area (Å²) in [4.78, 5) is -0.157. The van der Waals surface area contributed by atoms with E-state index in [1.807, 2.05) is 0 Å². The first kappa shape index (κ1) is 17.9. The van der Waals surface area contributed by atoms with E-state index in [0.717, 1.165) is 0 Å². The van der Waals surface area contributed by atoms with Gasteiger partial charge in [-0.1, -0.05) is 41.4 Å². The van der Waals surface area contributed by atoms with Gasteiger partial charge in [-0.05, 0) is 24.3 Å². The van der Waals surface area contributed by atoms with Crippen molar-refractivity contribution < 1.29 is 21.9 Å². The van der Waals surface area contributed by atoms with Gasteiger partial charge in [0.1, 0.15) is 10.6 Å². The Balaban J connectivity index is 2.20. The van der Waals surface area contributed by atoms with Crippen LogP contribution in [0.1, 0.15) is 5.56 Å². The minimum atomic E-state index is -3.93. The predicted octanol–water partition coefficient (Wildman–Crippen LogP) is 4.07. The fraction of sp³-hybridized carbons (Fsp3) is 0.143. The summed E-state index contributed by atoms with van der Waals surface area (Å²) in [6.45, 7) is -3.23. The van der Waals surface area contributed by atoms with Gasteiger partial charge < -0.3 is 4.74 Å². The van der Waals surface area contributed by atoms with Crippen LogP contribution >= 0.6 is 23.2 Å². The first-order valence-corrected chi connectivity index (χ1v) is 8.51. The number of hydrogen-bond acceptors (Lipinski definition) is 3. The second-order valence-corrected chi connectivity index (χ2v) is 6.96. The second-order valence-electron chi connectivity index (χ2n) is 4.39. The maximum Gasteiger partial charge on any atom is 0.387 e. The number of benzene rings is 2. The largest absolute Gasteiger partial charge is 0.434 e. The molecule has 0 atom stereocenters. The first-order chi connectivity index (χ1) is 10.8. The van der Waals surface area contributed by atoms with E-state index in [1.165, 1.54) is 36.4 Å². The highest BCUT2D eigenvalue weighted by molar-refractivity contribution is 7.89. The van der Waals surface area contributed by atoms with Gasteiger partial charge in [0.15, 0.2) is 0 Å². The lowest BCUT2D eigenvalue weighted by molar-refractivity contribution is -0.0504. The Labute approximate surface area is 142 Å². The Morgan fingerprint density at radius 2 is 1.83 bits per heavy atom.